The van der Waals surface area contributed by atoms with Gasteiger partial charge in [-0.2, -0.15) is 0 Å². The molecule has 0 spiro atoms. The monoisotopic (exact) mass is 383 g/mol. The van der Waals surface area contributed by atoms with E-state index in [-0.39, 0.29) is 23.7 Å². The molecule has 1 aliphatic heterocycles. The van der Waals surface area contributed by atoms with Crippen molar-refractivity contribution in [3.8, 4) is 0 Å². The Hall–Kier alpha value is -2.59. The van der Waals surface area contributed by atoms with Crippen molar-refractivity contribution < 1.29 is 14.7 Å². The van der Waals surface area contributed by atoms with E-state index in [0.29, 0.717) is 10.7 Å². The molecule has 1 unspecified atom stereocenters. The van der Waals surface area contributed by atoms with Crippen molar-refractivity contribution in [1.82, 2.24) is 0 Å². The molecule has 2 aromatic carbocycles. The van der Waals surface area contributed by atoms with E-state index < -0.39 is 17.7 Å². The van der Waals surface area contributed by atoms with Crippen molar-refractivity contribution >= 4 is 29.0 Å². The minimum Gasteiger partial charge on any atom is -0.503 e. The molecule has 5 heteroatoms. The summed E-state index contributed by atoms with van der Waals surface area (Å²) in [6.45, 7) is 5.82. The number of nitrogens with zero attached hydrogens (tertiary/aromatic N) is 1. The fourth-order valence-electron chi connectivity index (χ4n) is 3.39. The van der Waals surface area contributed by atoms with Gasteiger partial charge in [0.1, 0.15) is 0 Å². The zero-order valence-electron chi connectivity index (χ0n) is 15.6. The van der Waals surface area contributed by atoms with Gasteiger partial charge in [0.05, 0.1) is 11.6 Å². The normalized spacial score (nSPS) is 17.1. The topological polar surface area (TPSA) is 57.6 Å². The van der Waals surface area contributed by atoms with E-state index in [2.05, 4.69) is 0 Å². The first-order valence-corrected chi connectivity index (χ1v) is 9.29. The minimum atomic E-state index is -0.662. The van der Waals surface area contributed by atoms with Crippen LogP contribution >= 0.6 is 11.6 Å². The second-order valence-electron chi connectivity index (χ2n) is 7.25. The molecule has 0 bridgehead atoms. The molecule has 1 amide bonds. The maximum Gasteiger partial charge on any atom is 0.294 e. The van der Waals surface area contributed by atoms with Gasteiger partial charge in [-0.05, 0) is 42.7 Å². The SMILES string of the molecule is Cc1cccc(C2C(C(=O)CC(C)C)=C(O)C(=O)N2c2ccc(Cl)cc2)c1. The highest BCUT2D eigenvalue weighted by atomic mass is 35.5. The van der Waals surface area contributed by atoms with Crippen LogP contribution in [-0.2, 0) is 9.59 Å². The lowest BCUT2D eigenvalue weighted by molar-refractivity contribution is -0.118. The molecule has 0 aromatic heterocycles. The van der Waals surface area contributed by atoms with Crippen LogP contribution < -0.4 is 4.90 Å². The third-order valence-electron chi connectivity index (χ3n) is 4.56. The molecule has 2 aromatic rings. The minimum absolute atomic E-state index is 0.121. The Morgan fingerprint density at radius 1 is 1.19 bits per heavy atom. The number of anilines is 1. The summed E-state index contributed by atoms with van der Waals surface area (Å²) in [7, 11) is 0. The van der Waals surface area contributed by atoms with Crippen molar-refractivity contribution in [2.45, 2.75) is 33.2 Å². The Balaban J connectivity index is 2.15. The standard InChI is InChI=1S/C22H22ClNO3/c1-13(2)11-18(25)19-20(15-6-4-5-14(3)12-15)24(22(27)21(19)26)17-9-7-16(23)8-10-17/h4-10,12-13,20,26H,11H2,1-3H3. The second kappa shape index (κ2) is 7.57. The molecule has 27 heavy (non-hydrogen) atoms. The molecule has 0 saturated carbocycles. The highest BCUT2D eigenvalue weighted by molar-refractivity contribution is 6.30. The third-order valence-corrected chi connectivity index (χ3v) is 4.82. The first kappa shape index (κ1) is 19.2. The summed E-state index contributed by atoms with van der Waals surface area (Å²) in [6, 6.07) is 13.8. The summed E-state index contributed by atoms with van der Waals surface area (Å²) in [5.74, 6) is -1.13. The van der Waals surface area contributed by atoms with E-state index in [9.17, 15) is 14.7 Å². The van der Waals surface area contributed by atoms with Crippen LogP contribution in [0.15, 0.2) is 59.9 Å². The van der Waals surface area contributed by atoms with Crippen LogP contribution in [0.3, 0.4) is 0 Å². The van der Waals surface area contributed by atoms with Gasteiger partial charge in [-0.3, -0.25) is 14.5 Å². The van der Waals surface area contributed by atoms with Gasteiger partial charge in [0.2, 0.25) is 0 Å². The number of halogens is 1. The highest BCUT2D eigenvalue weighted by Crippen LogP contribution is 2.42. The van der Waals surface area contributed by atoms with Gasteiger partial charge in [-0.25, -0.2) is 0 Å². The molecule has 1 N–H and O–H groups in total. The van der Waals surface area contributed by atoms with Crippen LogP contribution in [-0.4, -0.2) is 16.8 Å². The average molecular weight is 384 g/mol. The second-order valence-corrected chi connectivity index (χ2v) is 7.69. The Morgan fingerprint density at radius 2 is 1.85 bits per heavy atom. The molecule has 0 fully saturated rings. The van der Waals surface area contributed by atoms with Crippen molar-refractivity contribution in [2.24, 2.45) is 5.92 Å². The third kappa shape index (κ3) is 3.76. The number of carbonyl (C=O) groups is 2. The van der Waals surface area contributed by atoms with Crippen molar-refractivity contribution in [3.05, 3.63) is 76.0 Å². The number of Topliss-reactive ketones (excluding diaryl/α,β-unsaturated/α-hetero) is 1. The maximum absolute atomic E-state index is 12.9. The van der Waals surface area contributed by atoms with Gasteiger partial charge < -0.3 is 5.11 Å². The molecule has 1 aliphatic rings. The van der Waals surface area contributed by atoms with E-state index in [1.165, 1.54) is 4.90 Å². The molecular formula is C22H22ClNO3. The number of rotatable bonds is 5. The largest absolute Gasteiger partial charge is 0.503 e. The number of amides is 1. The average Bonchev–Trinajstić information content (AvgIpc) is 2.87. The fraction of sp³-hybridized carbons (Fsp3) is 0.273. The molecule has 1 heterocycles. The maximum atomic E-state index is 12.9. The van der Waals surface area contributed by atoms with Crippen molar-refractivity contribution in [1.29, 1.82) is 0 Å². The number of benzene rings is 2. The number of ketones is 1. The molecule has 1 atom stereocenters. The van der Waals surface area contributed by atoms with Gasteiger partial charge >= 0.3 is 0 Å². The summed E-state index contributed by atoms with van der Waals surface area (Å²) in [5.41, 5.74) is 2.54. The predicted octanol–water partition coefficient (Wildman–Crippen LogP) is 5.16. The van der Waals surface area contributed by atoms with Crippen LogP contribution in [0, 0.1) is 12.8 Å². The van der Waals surface area contributed by atoms with Crippen LogP contribution in [0.1, 0.15) is 37.4 Å². The number of hydrogen-bond donors (Lipinski definition) is 1. The predicted molar refractivity (Wildman–Crippen MR) is 107 cm³/mol. The Morgan fingerprint density at radius 3 is 2.44 bits per heavy atom. The lowest BCUT2D eigenvalue weighted by atomic mass is 9.91. The zero-order chi connectivity index (χ0) is 19.7. The van der Waals surface area contributed by atoms with Gasteiger partial charge in [-0.15, -0.1) is 0 Å². The molecule has 140 valence electrons. The summed E-state index contributed by atoms with van der Waals surface area (Å²) in [6.07, 6.45) is 0.267. The number of hydrogen-bond acceptors (Lipinski definition) is 3. The number of carbonyl (C=O) groups excluding carboxylic acids is 2. The highest BCUT2D eigenvalue weighted by Gasteiger charge is 2.44. The zero-order valence-corrected chi connectivity index (χ0v) is 16.3. The molecular weight excluding hydrogens is 362 g/mol. The van der Waals surface area contributed by atoms with E-state index >= 15 is 0 Å². The number of aryl methyl sites for hydroxylation is 1. The van der Waals surface area contributed by atoms with Crippen molar-refractivity contribution in [2.75, 3.05) is 4.90 Å². The first-order chi connectivity index (χ1) is 12.8. The summed E-state index contributed by atoms with van der Waals surface area (Å²) in [5, 5.41) is 11.1. The smallest absolute Gasteiger partial charge is 0.294 e. The fourth-order valence-corrected chi connectivity index (χ4v) is 3.52. The Bertz CT molecular complexity index is 915. The number of aliphatic hydroxyl groups is 1. The lowest BCUT2D eigenvalue weighted by Gasteiger charge is -2.27. The molecule has 3 rings (SSSR count). The summed E-state index contributed by atoms with van der Waals surface area (Å²) < 4.78 is 0. The lowest BCUT2D eigenvalue weighted by Crippen LogP contribution is -2.31. The molecule has 4 nitrogen and oxygen atoms in total. The van der Waals surface area contributed by atoms with Crippen LogP contribution in [0.25, 0.3) is 0 Å². The Kier molecular flexibility index (Phi) is 5.38. The van der Waals surface area contributed by atoms with Gasteiger partial charge in [0.25, 0.3) is 5.91 Å². The molecule has 0 aliphatic carbocycles. The summed E-state index contributed by atoms with van der Waals surface area (Å²) >= 11 is 5.98. The van der Waals surface area contributed by atoms with Crippen molar-refractivity contribution in [3.63, 3.8) is 0 Å². The summed E-state index contributed by atoms with van der Waals surface area (Å²) in [4.78, 5) is 27.3. The quantitative estimate of drug-likeness (QED) is 0.775. The Labute approximate surface area is 164 Å². The first-order valence-electron chi connectivity index (χ1n) is 8.91. The van der Waals surface area contributed by atoms with Gasteiger partial charge in [0.15, 0.2) is 11.5 Å². The van der Waals surface area contributed by atoms with E-state index in [4.69, 9.17) is 11.6 Å². The van der Waals surface area contributed by atoms with E-state index in [0.717, 1.165) is 11.1 Å². The van der Waals surface area contributed by atoms with Crippen LogP contribution in [0.2, 0.25) is 5.02 Å². The van der Waals surface area contributed by atoms with E-state index in [1.807, 2.05) is 45.0 Å². The molecule has 0 radical (unpaired) electrons. The molecule has 0 saturated heterocycles. The number of aliphatic hydroxyl groups excluding tert-OH is 1. The van der Waals surface area contributed by atoms with Gasteiger partial charge in [-0.1, -0.05) is 55.3 Å². The van der Waals surface area contributed by atoms with Crippen LogP contribution in [0.5, 0.6) is 0 Å². The van der Waals surface area contributed by atoms with Crippen LogP contribution in [0.4, 0.5) is 5.69 Å². The van der Waals surface area contributed by atoms with Gasteiger partial charge in [0, 0.05) is 17.1 Å². The van der Waals surface area contributed by atoms with E-state index in [1.54, 1.807) is 24.3 Å².